The lowest BCUT2D eigenvalue weighted by Gasteiger charge is -2.11. The molecule has 2 aromatic rings. The number of nitrogens with two attached hydrogens (primary N) is 1. The molecule has 0 bridgehead atoms. The molecule has 0 saturated carbocycles. The topological polar surface area (TPSA) is 67.7 Å². The summed E-state index contributed by atoms with van der Waals surface area (Å²) in [6, 6.07) is 6.63. The van der Waals surface area contributed by atoms with Gasteiger partial charge >= 0.3 is 0 Å². The van der Waals surface area contributed by atoms with Crippen LogP contribution in [0.15, 0.2) is 24.3 Å². The molecule has 19 heavy (non-hydrogen) atoms. The molecule has 0 atom stereocenters. The summed E-state index contributed by atoms with van der Waals surface area (Å²) in [5.41, 5.74) is 8.02. The van der Waals surface area contributed by atoms with Crippen LogP contribution >= 0.6 is 0 Å². The highest BCUT2D eigenvalue weighted by molar-refractivity contribution is 5.98. The van der Waals surface area contributed by atoms with Gasteiger partial charge in [0.15, 0.2) is 0 Å². The molecule has 1 heterocycles. The molecule has 4 nitrogen and oxygen atoms in total. The maximum Gasteiger partial charge on any atom is 0.136 e. The van der Waals surface area contributed by atoms with Gasteiger partial charge in [-0.1, -0.05) is 19.9 Å². The number of rotatable bonds is 4. The molecule has 0 spiro atoms. The number of aryl methyl sites for hydroxylation is 2. The molecule has 0 radical (unpaired) electrons. The van der Waals surface area contributed by atoms with Gasteiger partial charge in [0.2, 0.25) is 0 Å². The van der Waals surface area contributed by atoms with E-state index >= 15 is 0 Å². The SMILES string of the molecule is CCc1cc(CC)n(-c2cccc(F)c2C(=N)N)n1. The van der Waals surface area contributed by atoms with E-state index < -0.39 is 5.82 Å². The lowest BCUT2D eigenvalue weighted by Crippen LogP contribution is -2.18. The van der Waals surface area contributed by atoms with Crippen molar-refractivity contribution in [1.82, 2.24) is 9.78 Å². The fourth-order valence-electron chi connectivity index (χ4n) is 2.06. The zero-order valence-electron chi connectivity index (χ0n) is 11.1. The Morgan fingerprint density at radius 3 is 2.68 bits per heavy atom. The second-order valence-electron chi connectivity index (χ2n) is 4.29. The van der Waals surface area contributed by atoms with Crippen molar-refractivity contribution in [2.75, 3.05) is 0 Å². The summed E-state index contributed by atoms with van der Waals surface area (Å²) in [5.74, 6) is -0.788. The fraction of sp³-hybridized carbons (Fsp3) is 0.286. The van der Waals surface area contributed by atoms with Crippen LogP contribution in [-0.2, 0) is 12.8 Å². The number of nitrogens with one attached hydrogen (secondary N) is 1. The van der Waals surface area contributed by atoms with Crippen LogP contribution in [0.5, 0.6) is 0 Å². The number of nitrogen functional groups attached to an aromatic ring is 1. The van der Waals surface area contributed by atoms with Crippen LogP contribution in [-0.4, -0.2) is 15.6 Å². The Morgan fingerprint density at radius 1 is 1.37 bits per heavy atom. The highest BCUT2D eigenvalue weighted by Gasteiger charge is 2.16. The van der Waals surface area contributed by atoms with Crippen LogP contribution < -0.4 is 5.73 Å². The van der Waals surface area contributed by atoms with E-state index in [1.807, 2.05) is 19.9 Å². The molecule has 0 fully saturated rings. The number of amidine groups is 1. The van der Waals surface area contributed by atoms with E-state index in [1.54, 1.807) is 16.8 Å². The number of nitrogens with zero attached hydrogens (tertiary/aromatic N) is 2. The molecule has 100 valence electrons. The predicted molar refractivity (Wildman–Crippen MR) is 73.3 cm³/mol. The molecule has 2 rings (SSSR count). The molecule has 0 amide bonds. The smallest absolute Gasteiger partial charge is 0.136 e. The number of hydrogen-bond acceptors (Lipinski definition) is 2. The number of benzene rings is 1. The Kier molecular flexibility index (Phi) is 3.64. The maximum atomic E-state index is 13.8. The average molecular weight is 260 g/mol. The summed E-state index contributed by atoms with van der Waals surface area (Å²) < 4.78 is 15.5. The van der Waals surface area contributed by atoms with Gasteiger partial charge in [-0.05, 0) is 31.0 Å². The van der Waals surface area contributed by atoms with Crippen molar-refractivity contribution in [2.24, 2.45) is 5.73 Å². The summed E-state index contributed by atoms with van der Waals surface area (Å²) in [4.78, 5) is 0. The molecule has 0 aliphatic carbocycles. The Labute approximate surface area is 111 Å². The molecule has 0 saturated heterocycles. The minimum atomic E-state index is -0.499. The minimum Gasteiger partial charge on any atom is -0.384 e. The van der Waals surface area contributed by atoms with Crippen molar-refractivity contribution >= 4 is 5.84 Å². The largest absolute Gasteiger partial charge is 0.384 e. The van der Waals surface area contributed by atoms with Gasteiger partial charge in [-0.3, -0.25) is 5.41 Å². The Bertz CT molecular complexity index is 616. The number of halogens is 1. The van der Waals surface area contributed by atoms with Crippen molar-refractivity contribution in [3.05, 3.63) is 47.0 Å². The van der Waals surface area contributed by atoms with Crippen LogP contribution in [0, 0.1) is 11.2 Å². The van der Waals surface area contributed by atoms with Gasteiger partial charge in [-0.15, -0.1) is 0 Å². The standard InChI is InChI=1S/C14H17FN4/c1-3-9-8-10(4-2)19(18-9)12-7-5-6-11(15)13(12)14(16)17/h5-8H,3-4H2,1-2H3,(H3,16,17). The third-order valence-corrected chi connectivity index (χ3v) is 3.05. The molecule has 0 aliphatic rings. The second-order valence-corrected chi connectivity index (χ2v) is 4.29. The molecule has 0 aliphatic heterocycles. The molecular formula is C14H17FN4. The Morgan fingerprint density at radius 2 is 2.11 bits per heavy atom. The van der Waals surface area contributed by atoms with Crippen molar-refractivity contribution in [1.29, 1.82) is 5.41 Å². The van der Waals surface area contributed by atoms with Crippen molar-refractivity contribution in [3.8, 4) is 5.69 Å². The van der Waals surface area contributed by atoms with Crippen LogP contribution in [0.2, 0.25) is 0 Å². The molecule has 5 heteroatoms. The summed E-state index contributed by atoms with van der Waals surface area (Å²) >= 11 is 0. The van der Waals surface area contributed by atoms with Crippen molar-refractivity contribution < 1.29 is 4.39 Å². The highest BCUT2D eigenvalue weighted by Crippen LogP contribution is 2.20. The van der Waals surface area contributed by atoms with Gasteiger partial charge in [0.1, 0.15) is 11.7 Å². The first-order valence-corrected chi connectivity index (χ1v) is 6.29. The number of hydrogen-bond donors (Lipinski definition) is 2. The van der Waals surface area contributed by atoms with Crippen LogP contribution in [0.4, 0.5) is 4.39 Å². The summed E-state index contributed by atoms with van der Waals surface area (Å²) in [7, 11) is 0. The Hall–Kier alpha value is -2.17. The first-order chi connectivity index (χ1) is 9.08. The average Bonchev–Trinajstić information content (AvgIpc) is 2.81. The van der Waals surface area contributed by atoms with Crippen LogP contribution in [0.3, 0.4) is 0 Å². The summed E-state index contributed by atoms with van der Waals surface area (Å²) in [5, 5.41) is 12.0. The van der Waals surface area contributed by atoms with Gasteiger partial charge in [0.25, 0.3) is 0 Å². The maximum absolute atomic E-state index is 13.8. The number of aromatic nitrogens is 2. The van der Waals surface area contributed by atoms with E-state index in [9.17, 15) is 4.39 Å². The first kappa shape index (κ1) is 13.3. The van der Waals surface area contributed by atoms with Crippen LogP contribution in [0.25, 0.3) is 5.69 Å². The van der Waals surface area contributed by atoms with Gasteiger partial charge in [-0.25, -0.2) is 9.07 Å². The van der Waals surface area contributed by atoms with Gasteiger partial charge in [0, 0.05) is 5.69 Å². The molecule has 1 aromatic carbocycles. The lowest BCUT2D eigenvalue weighted by atomic mass is 10.1. The molecule has 3 N–H and O–H groups in total. The molecule has 0 unspecified atom stereocenters. The van der Waals surface area contributed by atoms with E-state index in [4.69, 9.17) is 11.1 Å². The quantitative estimate of drug-likeness (QED) is 0.655. The van der Waals surface area contributed by atoms with E-state index in [-0.39, 0.29) is 11.4 Å². The van der Waals surface area contributed by atoms with Gasteiger partial charge in [-0.2, -0.15) is 5.10 Å². The predicted octanol–water partition coefficient (Wildman–Crippen LogP) is 2.42. The van der Waals surface area contributed by atoms with Gasteiger partial charge in [0.05, 0.1) is 16.9 Å². The van der Waals surface area contributed by atoms with Crippen molar-refractivity contribution in [3.63, 3.8) is 0 Å². The zero-order chi connectivity index (χ0) is 14.0. The Balaban J connectivity index is 2.68. The monoisotopic (exact) mass is 260 g/mol. The normalized spacial score (nSPS) is 10.7. The summed E-state index contributed by atoms with van der Waals surface area (Å²) in [6.07, 6.45) is 1.59. The third kappa shape index (κ3) is 2.36. The van der Waals surface area contributed by atoms with Gasteiger partial charge < -0.3 is 5.73 Å². The van der Waals surface area contributed by atoms with Crippen molar-refractivity contribution in [2.45, 2.75) is 26.7 Å². The third-order valence-electron chi connectivity index (χ3n) is 3.05. The summed E-state index contributed by atoms with van der Waals surface area (Å²) in [6.45, 7) is 4.03. The van der Waals surface area contributed by atoms with Crippen LogP contribution in [0.1, 0.15) is 30.8 Å². The zero-order valence-corrected chi connectivity index (χ0v) is 11.1. The fourth-order valence-corrected chi connectivity index (χ4v) is 2.06. The molecule has 1 aromatic heterocycles. The molecular weight excluding hydrogens is 243 g/mol. The minimum absolute atomic E-state index is 0.1000. The van der Waals surface area contributed by atoms with E-state index in [2.05, 4.69) is 5.10 Å². The highest BCUT2D eigenvalue weighted by atomic mass is 19.1. The van der Waals surface area contributed by atoms with E-state index in [0.29, 0.717) is 5.69 Å². The first-order valence-electron chi connectivity index (χ1n) is 6.29. The van der Waals surface area contributed by atoms with E-state index in [1.165, 1.54) is 6.07 Å². The van der Waals surface area contributed by atoms with E-state index in [0.717, 1.165) is 24.2 Å². The second kappa shape index (κ2) is 5.22. The lowest BCUT2D eigenvalue weighted by molar-refractivity contribution is 0.621.